The van der Waals surface area contributed by atoms with Crippen LogP contribution in [0, 0.1) is 0 Å². The van der Waals surface area contributed by atoms with Crippen LogP contribution >= 0.6 is 11.6 Å². The Morgan fingerprint density at radius 1 is 1.40 bits per heavy atom. The van der Waals surface area contributed by atoms with Crippen molar-refractivity contribution >= 4 is 23.5 Å². The van der Waals surface area contributed by atoms with E-state index in [0.29, 0.717) is 17.1 Å². The highest BCUT2D eigenvalue weighted by atomic mass is 35.5. The number of carboxylic acid groups (broad SMARTS) is 1. The van der Waals surface area contributed by atoms with E-state index in [1.165, 1.54) is 4.90 Å². The molecule has 1 amide bonds. The molecule has 0 fully saturated rings. The summed E-state index contributed by atoms with van der Waals surface area (Å²) in [4.78, 5) is 24.9. The molecule has 0 spiro atoms. The predicted octanol–water partition coefficient (Wildman–Crippen LogP) is 3.05. The molecule has 6 heteroatoms. The van der Waals surface area contributed by atoms with Crippen molar-refractivity contribution < 1.29 is 14.7 Å². The minimum absolute atomic E-state index is 0.0741. The van der Waals surface area contributed by atoms with Gasteiger partial charge in [0.05, 0.1) is 5.02 Å². The smallest absolute Gasteiger partial charge is 0.323 e. The van der Waals surface area contributed by atoms with Crippen molar-refractivity contribution in [3.63, 3.8) is 0 Å². The lowest BCUT2D eigenvalue weighted by molar-refractivity contribution is -0.138. The molecule has 0 aliphatic heterocycles. The minimum Gasteiger partial charge on any atom is -0.480 e. The lowest BCUT2D eigenvalue weighted by Crippen LogP contribution is -2.42. The summed E-state index contributed by atoms with van der Waals surface area (Å²) in [7, 11) is 0. The minimum atomic E-state index is -1.02. The van der Waals surface area contributed by atoms with Gasteiger partial charge >= 0.3 is 5.97 Å². The monoisotopic (exact) mass is 300 g/mol. The van der Waals surface area contributed by atoms with E-state index in [0.717, 1.165) is 0 Å². The van der Waals surface area contributed by atoms with E-state index in [1.807, 2.05) is 27.7 Å². The van der Waals surface area contributed by atoms with Gasteiger partial charge in [0.1, 0.15) is 12.2 Å². The van der Waals surface area contributed by atoms with Crippen molar-refractivity contribution in [2.24, 2.45) is 0 Å². The first-order valence-electron chi connectivity index (χ1n) is 6.68. The molecule has 1 heterocycles. The zero-order valence-electron chi connectivity index (χ0n) is 12.3. The number of rotatable bonds is 6. The van der Waals surface area contributed by atoms with Gasteiger partial charge in [-0.15, -0.1) is 0 Å². The molecule has 0 aromatic carbocycles. The Morgan fingerprint density at radius 2 is 2.00 bits per heavy atom. The van der Waals surface area contributed by atoms with Crippen molar-refractivity contribution in [1.29, 1.82) is 0 Å². The topological polar surface area (TPSA) is 62.5 Å². The standard InChI is InChI=1S/C14H21ClN2O3/c1-5-10(4)17(8-13(18)19)14(20)12-6-11(15)7-16(12)9(2)3/h6-7,9-10H,5,8H2,1-4H3,(H,18,19). The number of carbonyl (C=O) groups excluding carboxylic acids is 1. The maximum Gasteiger partial charge on any atom is 0.323 e. The van der Waals surface area contributed by atoms with Crippen LogP contribution in [0.5, 0.6) is 0 Å². The molecular weight excluding hydrogens is 280 g/mol. The number of hydrogen-bond acceptors (Lipinski definition) is 2. The molecule has 0 radical (unpaired) electrons. The predicted molar refractivity (Wildman–Crippen MR) is 78.3 cm³/mol. The van der Waals surface area contributed by atoms with Gasteiger partial charge < -0.3 is 14.6 Å². The molecule has 0 bridgehead atoms. The summed E-state index contributed by atoms with van der Waals surface area (Å²) in [5.41, 5.74) is 0.423. The van der Waals surface area contributed by atoms with Gasteiger partial charge in [-0.1, -0.05) is 18.5 Å². The third kappa shape index (κ3) is 3.76. The first-order chi connectivity index (χ1) is 9.27. The van der Waals surface area contributed by atoms with Gasteiger partial charge in [0.15, 0.2) is 0 Å². The molecule has 0 aliphatic carbocycles. The molecule has 1 rings (SSSR count). The number of nitrogens with zero attached hydrogens (tertiary/aromatic N) is 2. The highest BCUT2D eigenvalue weighted by Crippen LogP contribution is 2.21. The quantitative estimate of drug-likeness (QED) is 0.878. The van der Waals surface area contributed by atoms with Crippen LogP contribution in [0.15, 0.2) is 12.3 Å². The van der Waals surface area contributed by atoms with E-state index in [1.54, 1.807) is 16.8 Å². The maximum absolute atomic E-state index is 12.6. The molecule has 5 nitrogen and oxygen atoms in total. The number of aromatic nitrogens is 1. The molecule has 0 saturated heterocycles. The Kier molecular flexibility index (Phi) is 5.62. The second-order valence-corrected chi connectivity index (χ2v) is 5.57. The lowest BCUT2D eigenvalue weighted by atomic mass is 10.2. The summed E-state index contributed by atoms with van der Waals surface area (Å²) in [6, 6.07) is 1.51. The van der Waals surface area contributed by atoms with Gasteiger partial charge in [-0.2, -0.15) is 0 Å². The molecule has 0 aliphatic rings. The summed E-state index contributed by atoms with van der Waals surface area (Å²) in [6.45, 7) is 7.33. The summed E-state index contributed by atoms with van der Waals surface area (Å²) in [6.07, 6.45) is 2.38. The van der Waals surface area contributed by atoms with E-state index in [2.05, 4.69) is 0 Å². The number of hydrogen-bond donors (Lipinski definition) is 1. The summed E-state index contributed by atoms with van der Waals surface area (Å²) in [5.74, 6) is -1.32. The van der Waals surface area contributed by atoms with Crippen LogP contribution < -0.4 is 0 Å². The lowest BCUT2D eigenvalue weighted by Gasteiger charge is -2.27. The Balaban J connectivity index is 3.14. The van der Waals surface area contributed by atoms with Crippen LogP contribution in [0.2, 0.25) is 5.02 Å². The van der Waals surface area contributed by atoms with Crippen LogP contribution in [-0.2, 0) is 4.79 Å². The Labute approximate surface area is 124 Å². The molecule has 1 aromatic rings. The number of carboxylic acids is 1. The van der Waals surface area contributed by atoms with Gasteiger partial charge in [-0.05, 0) is 33.3 Å². The highest BCUT2D eigenvalue weighted by Gasteiger charge is 2.26. The first kappa shape index (κ1) is 16.6. The maximum atomic E-state index is 12.6. The van der Waals surface area contributed by atoms with Gasteiger partial charge in [-0.3, -0.25) is 9.59 Å². The van der Waals surface area contributed by atoms with Crippen molar-refractivity contribution in [3.8, 4) is 0 Å². The molecule has 1 N–H and O–H groups in total. The average molecular weight is 301 g/mol. The molecule has 1 aromatic heterocycles. The highest BCUT2D eigenvalue weighted by molar-refractivity contribution is 6.31. The second kappa shape index (κ2) is 6.79. The molecule has 112 valence electrons. The van der Waals surface area contributed by atoms with Gasteiger partial charge in [0, 0.05) is 18.3 Å². The molecule has 0 saturated carbocycles. The fourth-order valence-corrected chi connectivity index (χ4v) is 2.19. The van der Waals surface area contributed by atoms with Gasteiger partial charge in [-0.25, -0.2) is 0 Å². The molecule has 1 unspecified atom stereocenters. The van der Waals surface area contributed by atoms with Crippen LogP contribution in [0.1, 0.15) is 50.6 Å². The zero-order valence-corrected chi connectivity index (χ0v) is 13.0. The Bertz CT molecular complexity index is 497. The normalized spacial score (nSPS) is 12.5. The van der Waals surface area contributed by atoms with Crippen molar-refractivity contribution in [2.45, 2.75) is 46.2 Å². The van der Waals surface area contributed by atoms with E-state index in [9.17, 15) is 9.59 Å². The van der Waals surface area contributed by atoms with Crippen LogP contribution in [0.3, 0.4) is 0 Å². The SMILES string of the molecule is CCC(C)N(CC(=O)O)C(=O)c1cc(Cl)cn1C(C)C. The molecular formula is C14H21ClN2O3. The van der Waals surface area contributed by atoms with Gasteiger partial charge in [0.2, 0.25) is 0 Å². The third-order valence-electron chi connectivity index (χ3n) is 3.28. The van der Waals surface area contributed by atoms with Crippen LogP contribution in [0.25, 0.3) is 0 Å². The summed E-state index contributed by atoms with van der Waals surface area (Å²) in [5, 5.41) is 9.45. The third-order valence-corrected chi connectivity index (χ3v) is 3.49. The molecule has 20 heavy (non-hydrogen) atoms. The zero-order chi connectivity index (χ0) is 15.4. The van der Waals surface area contributed by atoms with E-state index >= 15 is 0 Å². The van der Waals surface area contributed by atoms with Crippen LogP contribution in [0.4, 0.5) is 0 Å². The summed E-state index contributed by atoms with van der Waals surface area (Å²) >= 11 is 5.97. The van der Waals surface area contributed by atoms with Gasteiger partial charge in [0.25, 0.3) is 5.91 Å². The Hall–Kier alpha value is -1.49. The van der Waals surface area contributed by atoms with Crippen LogP contribution in [-0.4, -0.2) is 39.0 Å². The Morgan fingerprint density at radius 3 is 2.45 bits per heavy atom. The largest absolute Gasteiger partial charge is 0.480 e. The van der Waals surface area contributed by atoms with E-state index in [4.69, 9.17) is 16.7 Å². The average Bonchev–Trinajstić information content (AvgIpc) is 2.76. The fourth-order valence-electron chi connectivity index (χ4n) is 1.99. The fraction of sp³-hybridized carbons (Fsp3) is 0.571. The summed E-state index contributed by atoms with van der Waals surface area (Å²) < 4.78 is 1.77. The number of aliphatic carboxylic acids is 1. The van der Waals surface area contributed by atoms with E-state index in [-0.39, 0.29) is 24.5 Å². The molecule has 1 atom stereocenters. The second-order valence-electron chi connectivity index (χ2n) is 5.13. The first-order valence-corrected chi connectivity index (χ1v) is 7.05. The number of halogens is 1. The number of amides is 1. The van der Waals surface area contributed by atoms with Crippen molar-refractivity contribution in [2.75, 3.05) is 6.54 Å². The van der Waals surface area contributed by atoms with E-state index < -0.39 is 5.97 Å². The van der Waals surface area contributed by atoms with Crippen molar-refractivity contribution in [1.82, 2.24) is 9.47 Å². The number of carbonyl (C=O) groups is 2. The van der Waals surface area contributed by atoms with Crippen molar-refractivity contribution in [3.05, 3.63) is 23.0 Å².